The number of aromatic nitrogens is 1. The van der Waals surface area contributed by atoms with Crippen molar-refractivity contribution in [3.63, 3.8) is 0 Å². The van der Waals surface area contributed by atoms with Gasteiger partial charge in [0.2, 0.25) is 15.5 Å². The fraction of sp³-hybridized carbons (Fsp3) is 0.583. The van der Waals surface area contributed by atoms with Gasteiger partial charge in [-0.25, -0.2) is 13.1 Å². The lowest BCUT2D eigenvalue weighted by molar-refractivity contribution is 0.282. The van der Waals surface area contributed by atoms with E-state index in [1.165, 1.54) is 18.5 Å². The van der Waals surface area contributed by atoms with Gasteiger partial charge in [-0.1, -0.05) is 13.8 Å². The number of hydrogen-bond donors (Lipinski definition) is 2. The normalized spacial score (nSPS) is 13.7. The Morgan fingerprint density at radius 1 is 1.37 bits per heavy atom. The number of aromatic amines is 1. The molecule has 1 aromatic rings. The highest BCUT2D eigenvalue weighted by Crippen LogP contribution is 2.02. The number of sulfonamides is 1. The maximum atomic E-state index is 12.1. The van der Waals surface area contributed by atoms with Gasteiger partial charge in [0.05, 0.1) is 0 Å². The zero-order valence-corrected chi connectivity index (χ0v) is 12.3. The SMILES string of the molecule is CCN(CC)CC(C)NS(=O)(=O)c1c[nH]ccc1=O. The molecular weight excluding hydrogens is 266 g/mol. The van der Waals surface area contributed by atoms with Crippen LogP contribution in [0, 0.1) is 0 Å². The van der Waals surface area contributed by atoms with Crippen LogP contribution in [0.2, 0.25) is 0 Å². The number of likely N-dealkylation sites (N-methyl/N-ethyl adjacent to an activating group) is 1. The van der Waals surface area contributed by atoms with Crippen molar-refractivity contribution in [1.29, 1.82) is 0 Å². The van der Waals surface area contributed by atoms with Crippen molar-refractivity contribution in [2.45, 2.75) is 31.7 Å². The molecule has 0 fully saturated rings. The van der Waals surface area contributed by atoms with Crippen LogP contribution in [0.15, 0.2) is 28.2 Å². The Kier molecular flexibility index (Phi) is 5.71. The highest BCUT2D eigenvalue weighted by atomic mass is 32.2. The summed E-state index contributed by atoms with van der Waals surface area (Å²) in [6.45, 7) is 8.15. The van der Waals surface area contributed by atoms with Crippen LogP contribution >= 0.6 is 0 Å². The number of hydrogen-bond acceptors (Lipinski definition) is 4. The van der Waals surface area contributed by atoms with E-state index >= 15 is 0 Å². The van der Waals surface area contributed by atoms with Gasteiger partial charge in [0.25, 0.3) is 0 Å². The Morgan fingerprint density at radius 2 is 2.00 bits per heavy atom. The molecule has 6 nitrogen and oxygen atoms in total. The van der Waals surface area contributed by atoms with E-state index < -0.39 is 15.5 Å². The minimum absolute atomic E-state index is 0.249. The Hall–Kier alpha value is -1.18. The zero-order chi connectivity index (χ0) is 14.5. The van der Waals surface area contributed by atoms with Gasteiger partial charge in [-0.05, 0) is 20.0 Å². The largest absolute Gasteiger partial charge is 0.366 e. The van der Waals surface area contributed by atoms with Crippen molar-refractivity contribution in [2.24, 2.45) is 0 Å². The summed E-state index contributed by atoms with van der Waals surface area (Å²) in [6, 6.07) is 0.938. The number of H-pyrrole nitrogens is 1. The third-order valence-corrected chi connectivity index (χ3v) is 4.47. The van der Waals surface area contributed by atoms with E-state index in [9.17, 15) is 13.2 Å². The highest BCUT2D eigenvalue weighted by molar-refractivity contribution is 7.89. The summed E-state index contributed by atoms with van der Waals surface area (Å²) in [5.74, 6) is 0. The first-order valence-electron chi connectivity index (χ1n) is 6.32. The molecule has 0 aliphatic rings. The van der Waals surface area contributed by atoms with E-state index in [4.69, 9.17) is 0 Å². The van der Waals surface area contributed by atoms with Crippen LogP contribution in [0.5, 0.6) is 0 Å². The van der Waals surface area contributed by atoms with Gasteiger partial charge in [-0.15, -0.1) is 0 Å². The first-order valence-corrected chi connectivity index (χ1v) is 7.80. The lowest BCUT2D eigenvalue weighted by Crippen LogP contribution is -2.42. The maximum Gasteiger partial charge on any atom is 0.246 e. The Morgan fingerprint density at radius 3 is 2.53 bits per heavy atom. The molecule has 0 saturated carbocycles. The van der Waals surface area contributed by atoms with Gasteiger partial charge in [-0.2, -0.15) is 0 Å². The van der Waals surface area contributed by atoms with E-state index in [-0.39, 0.29) is 10.9 Å². The van der Waals surface area contributed by atoms with Crippen LogP contribution in [0.1, 0.15) is 20.8 Å². The van der Waals surface area contributed by atoms with E-state index in [0.29, 0.717) is 6.54 Å². The molecule has 0 bridgehead atoms. The predicted octanol–water partition coefficient (Wildman–Crippen LogP) is 0.383. The van der Waals surface area contributed by atoms with Crippen LogP contribution in [0.25, 0.3) is 0 Å². The number of nitrogens with zero attached hydrogens (tertiary/aromatic N) is 1. The van der Waals surface area contributed by atoms with E-state index in [2.05, 4.69) is 14.6 Å². The third-order valence-electron chi connectivity index (χ3n) is 2.86. The molecule has 1 heterocycles. The molecule has 108 valence electrons. The molecule has 0 aliphatic heterocycles. The first-order chi connectivity index (χ1) is 8.90. The van der Waals surface area contributed by atoms with E-state index in [1.807, 2.05) is 13.8 Å². The van der Waals surface area contributed by atoms with Crippen molar-refractivity contribution in [3.05, 3.63) is 28.7 Å². The van der Waals surface area contributed by atoms with Gasteiger partial charge in [0.1, 0.15) is 4.90 Å². The molecule has 0 saturated heterocycles. The van der Waals surface area contributed by atoms with Crippen molar-refractivity contribution in [3.8, 4) is 0 Å². The predicted molar refractivity (Wildman–Crippen MR) is 74.6 cm³/mol. The first kappa shape index (κ1) is 15.9. The average Bonchev–Trinajstić information content (AvgIpc) is 2.35. The second-order valence-electron chi connectivity index (χ2n) is 4.38. The van der Waals surface area contributed by atoms with Crippen LogP contribution in [0.3, 0.4) is 0 Å². The molecule has 1 atom stereocenters. The quantitative estimate of drug-likeness (QED) is 0.760. The Labute approximate surface area is 113 Å². The van der Waals surface area contributed by atoms with Crippen LogP contribution in [-0.2, 0) is 10.0 Å². The fourth-order valence-corrected chi connectivity index (χ4v) is 3.13. The highest BCUT2D eigenvalue weighted by Gasteiger charge is 2.20. The van der Waals surface area contributed by atoms with Gasteiger partial charge < -0.3 is 9.88 Å². The molecule has 0 aliphatic carbocycles. The van der Waals surface area contributed by atoms with E-state index in [0.717, 1.165) is 13.1 Å². The minimum Gasteiger partial charge on any atom is -0.366 e. The molecule has 7 heteroatoms. The van der Waals surface area contributed by atoms with E-state index in [1.54, 1.807) is 6.92 Å². The molecule has 0 amide bonds. The fourth-order valence-electron chi connectivity index (χ4n) is 1.85. The minimum atomic E-state index is -3.77. The number of pyridine rings is 1. The van der Waals surface area contributed by atoms with Gasteiger partial charge in [0, 0.05) is 31.0 Å². The summed E-state index contributed by atoms with van der Waals surface area (Å²) in [5.41, 5.74) is -0.513. The summed E-state index contributed by atoms with van der Waals surface area (Å²) < 4.78 is 26.7. The Balaban J connectivity index is 2.81. The maximum absolute atomic E-state index is 12.1. The second kappa shape index (κ2) is 6.83. The molecule has 2 N–H and O–H groups in total. The lowest BCUT2D eigenvalue weighted by Gasteiger charge is -2.23. The zero-order valence-electron chi connectivity index (χ0n) is 11.5. The van der Waals surface area contributed by atoms with Gasteiger partial charge in [0.15, 0.2) is 0 Å². The second-order valence-corrected chi connectivity index (χ2v) is 6.06. The molecule has 1 unspecified atom stereocenters. The van der Waals surface area contributed by atoms with Crippen molar-refractivity contribution >= 4 is 10.0 Å². The van der Waals surface area contributed by atoms with Crippen molar-refractivity contribution in [1.82, 2.24) is 14.6 Å². The third kappa shape index (κ3) is 4.45. The standard InChI is InChI=1S/C12H21N3O3S/c1-4-15(5-2)9-10(3)14-19(17,18)12-8-13-7-6-11(12)16/h6-8,10,14H,4-5,9H2,1-3H3,(H,13,16). The molecule has 1 aromatic heterocycles. The topological polar surface area (TPSA) is 82.3 Å². The summed E-state index contributed by atoms with van der Waals surface area (Å²) >= 11 is 0. The molecule has 0 spiro atoms. The number of rotatable bonds is 7. The van der Waals surface area contributed by atoms with Crippen LogP contribution in [0.4, 0.5) is 0 Å². The molecular formula is C12H21N3O3S. The van der Waals surface area contributed by atoms with Gasteiger partial charge >= 0.3 is 0 Å². The summed E-state index contributed by atoms with van der Waals surface area (Å²) in [5, 5.41) is 0. The van der Waals surface area contributed by atoms with Crippen molar-refractivity contribution in [2.75, 3.05) is 19.6 Å². The summed E-state index contributed by atoms with van der Waals surface area (Å²) in [7, 11) is -3.77. The Bertz CT molecular complexity index is 549. The molecule has 0 aromatic carbocycles. The molecule has 19 heavy (non-hydrogen) atoms. The van der Waals surface area contributed by atoms with Crippen LogP contribution in [-0.4, -0.2) is 44.0 Å². The van der Waals surface area contributed by atoms with Crippen molar-refractivity contribution < 1.29 is 8.42 Å². The molecule has 1 rings (SSSR count). The van der Waals surface area contributed by atoms with Gasteiger partial charge in [-0.3, -0.25) is 4.79 Å². The lowest BCUT2D eigenvalue weighted by atomic mass is 10.3. The monoisotopic (exact) mass is 287 g/mol. The summed E-state index contributed by atoms with van der Waals surface area (Å²) in [6.07, 6.45) is 2.61. The molecule has 0 radical (unpaired) electrons. The van der Waals surface area contributed by atoms with Crippen LogP contribution < -0.4 is 10.2 Å². The number of nitrogens with one attached hydrogen (secondary N) is 2. The average molecular weight is 287 g/mol. The smallest absolute Gasteiger partial charge is 0.246 e. The summed E-state index contributed by atoms with van der Waals surface area (Å²) in [4.78, 5) is 16.0.